The second-order valence-corrected chi connectivity index (χ2v) is 12.7. The molecule has 2 aromatic carbocycles. The van der Waals surface area contributed by atoms with Crippen LogP contribution in [0, 0.1) is 0 Å². The van der Waals surface area contributed by atoms with Gasteiger partial charge in [-0.2, -0.15) is 0 Å². The van der Waals surface area contributed by atoms with Crippen LogP contribution >= 0.6 is 12.2 Å². The molecule has 10 nitrogen and oxygen atoms in total. The Morgan fingerprint density at radius 1 is 0.800 bits per heavy atom. The third kappa shape index (κ3) is 10.3. The molecule has 0 aromatic heterocycles. The highest BCUT2D eigenvalue weighted by atomic mass is 32.1. The smallest absolute Gasteiger partial charge is 0.336 e. The Bertz CT molecular complexity index is 1530. The van der Waals surface area contributed by atoms with Crippen LogP contribution in [0.3, 0.4) is 0 Å². The van der Waals surface area contributed by atoms with Gasteiger partial charge in [0.15, 0.2) is 5.11 Å². The first-order chi connectivity index (χ1) is 24.3. The highest BCUT2D eigenvalue weighted by Gasteiger charge is 2.29. The predicted octanol–water partition coefficient (Wildman–Crippen LogP) is 5.88. The molecule has 270 valence electrons. The molecule has 0 spiro atoms. The molecular weight excluding hydrogens is 647 g/mol. The van der Waals surface area contributed by atoms with Crippen LogP contribution in [0.25, 0.3) is 5.57 Å². The summed E-state index contributed by atoms with van der Waals surface area (Å²) in [6.45, 7) is 17.3. The van der Waals surface area contributed by atoms with Gasteiger partial charge in [-0.15, -0.1) is 0 Å². The monoisotopic (exact) mass is 701 g/mol. The summed E-state index contributed by atoms with van der Waals surface area (Å²) in [6.07, 6.45) is 9.45. The van der Waals surface area contributed by atoms with Crippen molar-refractivity contribution in [3.63, 3.8) is 0 Å². The number of hydrogen-bond donors (Lipinski definition) is 5. The first-order valence-corrected chi connectivity index (χ1v) is 18.6. The van der Waals surface area contributed by atoms with E-state index in [0.717, 1.165) is 113 Å². The molecule has 0 saturated carbocycles. The van der Waals surface area contributed by atoms with Crippen LogP contribution in [-0.4, -0.2) is 87.3 Å². The van der Waals surface area contributed by atoms with Crippen molar-refractivity contribution in [1.29, 1.82) is 0 Å². The molecule has 6 N–H and O–H groups in total. The van der Waals surface area contributed by atoms with E-state index in [0.29, 0.717) is 34.4 Å². The molecule has 0 fully saturated rings. The summed E-state index contributed by atoms with van der Waals surface area (Å²) in [5, 5.41) is 20.9. The van der Waals surface area contributed by atoms with Gasteiger partial charge >= 0.3 is 5.97 Å². The number of rotatable bonds is 19. The number of anilines is 2. The number of thiocarbonyl (C=S) groups is 1. The Hall–Kier alpha value is -4.03. The van der Waals surface area contributed by atoms with E-state index in [4.69, 9.17) is 22.7 Å². The lowest BCUT2D eigenvalue weighted by molar-refractivity contribution is -0.132. The van der Waals surface area contributed by atoms with Gasteiger partial charge in [0.05, 0.1) is 11.3 Å². The van der Waals surface area contributed by atoms with E-state index >= 15 is 0 Å². The predicted molar refractivity (Wildman–Crippen MR) is 212 cm³/mol. The van der Waals surface area contributed by atoms with Crippen molar-refractivity contribution < 1.29 is 14.6 Å². The average molecular weight is 702 g/mol. The van der Waals surface area contributed by atoms with Gasteiger partial charge in [-0.3, -0.25) is 0 Å². The number of ether oxygens (including phenoxy) is 1. The number of hydrogen-bond acceptors (Lipinski definition) is 8. The van der Waals surface area contributed by atoms with Crippen LogP contribution in [0.15, 0.2) is 70.8 Å². The quantitative estimate of drug-likeness (QED) is 0.0764. The number of nitrogens with one attached hydrogen (secondary N) is 3. The number of carboxylic acid groups (broad SMARTS) is 1. The van der Waals surface area contributed by atoms with E-state index in [1.54, 1.807) is 6.08 Å². The first kappa shape index (κ1) is 38.8. The topological polar surface area (TPSA) is 127 Å². The molecule has 2 aromatic rings. The van der Waals surface area contributed by atoms with Crippen molar-refractivity contribution in [1.82, 2.24) is 16.0 Å². The van der Waals surface area contributed by atoms with Crippen molar-refractivity contribution in [2.45, 2.75) is 53.4 Å². The van der Waals surface area contributed by atoms with Gasteiger partial charge in [0.2, 0.25) is 0 Å². The molecule has 0 saturated heterocycles. The fourth-order valence-electron chi connectivity index (χ4n) is 6.27. The highest BCUT2D eigenvalue weighted by molar-refractivity contribution is 7.80. The number of unbranched alkanes of at least 4 members (excludes halogenated alkanes) is 1. The molecule has 0 amide bonds. The summed E-state index contributed by atoms with van der Waals surface area (Å²) >= 11 is 5.50. The number of carbonyl (C=O) groups is 1. The summed E-state index contributed by atoms with van der Waals surface area (Å²) in [4.78, 5) is 21.9. The normalized spacial score (nSPS) is 14.2. The van der Waals surface area contributed by atoms with Crippen molar-refractivity contribution in [2.24, 2.45) is 10.7 Å². The van der Waals surface area contributed by atoms with E-state index in [9.17, 15) is 9.90 Å². The minimum atomic E-state index is -1.03. The second kappa shape index (κ2) is 20.0. The Morgan fingerprint density at radius 3 is 1.86 bits per heavy atom. The Labute approximate surface area is 303 Å². The van der Waals surface area contributed by atoms with Crippen LogP contribution in [0.5, 0.6) is 11.5 Å². The zero-order valence-corrected chi connectivity index (χ0v) is 31.0. The van der Waals surface area contributed by atoms with Crippen LogP contribution in [-0.2, 0) is 4.79 Å². The molecule has 1 heterocycles. The maximum atomic E-state index is 12.8. The van der Waals surface area contributed by atoms with Crippen LogP contribution in [0.1, 0.15) is 64.5 Å². The molecule has 50 heavy (non-hydrogen) atoms. The minimum absolute atomic E-state index is 0.155. The molecule has 1 aliphatic heterocycles. The van der Waals surface area contributed by atoms with Gasteiger partial charge in [-0.1, -0.05) is 6.08 Å². The lowest BCUT2D eigenvalue weighted by Gasteiger charge is -2.30. The fourth-order valence-corrected chi connectivity index (χ4v) is 6.48. The number of allylic oxidation sites excluding steroid dienone is 3. The molecule has 0 atom stereocenters. The third-order valence-corrected chi connectivity index (χ3v) is 9.24. The number of nitrogens with zero attached hydrogens (tertiary/aromatic N) is 3. The van der Waals surface area contributed by atoms with Crippen LogP contribution in [0.4, 0.5) is 11.4 Å². The summed E-state index contributed by atoms with van der Waals surface area (Å²) < 4.78 is 6.59. The molecule has 0 radical (unpaired) electrons. The Morgan fingerprint density at radius 2 is 1.34 bits per heavy atom. The van der Waals surface area contributed by atoms with Crippen molar-refractivity contribution in [3.05, 3.63) is 76.9 Å². The average Bonchev–Trinajstić information content (AvgIpc) is 3.12. The molecule has 11 heteroatoms. The van der Waals surface area contributed by atoms with E-state index in [-0.39, 0.29) is 5.57 Å². The van der Waals surface area contributed by atoms with Gasteiger partial charge in [-0.05, 0) is 140 Å². The van der Waals surface area contributed by atoms with Crippen molar-refractivity contribution >= 4 is 46.0 Å². The first-order valence-electron chi connectivity index (χ1n) is 18.2. The van der Waals surface area contributed by atoms with E-state index < -0.39 is 5.97 Å². The summed E-state index contributed by atoms with van der Waals surface area (Å²) in [5.41, 5.74) is 11.4. The van der Waals surface area contributed by atoms with Crippen molar-refractivity contribution in [3.8, 4) is 11.5 Å². The number of nitrogens with two attached hydrogens (primary N) is 1. The van der Waals surface area contributed by atoms with Gasteiger partial charge < -0.3 is 41.3 Å². The van der Waals surface area contributed by atoms with E-state index in [1.807, 2.05) is 24.3 Å². The van der Waals surface area contributed by atoms with E-state index in [1.165, 1.54) is 0 Å². The largest absolute Gasteiger partial charge is 0.478 e. The lowest BCUT2D eigenvalue weighted by atomic mass is 9.84. The van der Waals surface area contributed by atoms with Gasteiger partial charge in [-0.25, -0.2) is 9.79 Å². The molecular formula is C39H55N7O3S. The SMILES string of the molecule is CCN(CC)c1ccc2c(c1)Oc1cc(N(CC)CC)ccc1C2=C1C=CC(=NC(=S)NCCCNCCCCNCCCN)C=C1C(=O)O. The molecule has 4 rings (SSSR count). The van der Waals surface area contributed by atoms with Crippen LogP contribution in [0.2, 0.25) is 0 Å². The van der Waals surface area contributed by atoms with Gasteiger partial charge in [0.1, 0.15) is 11.5 Å². The maximum Gasteiger partial charge on any atom is 0.336 e. The molecule has 0 bridgehead atoms. The summed E-state index contributed by atoms with van der Waals surface area (Å²) in [5.74, 6) is 0.373. The van der Waals surface area contributed by atoms with E-state index in [2.05, 4.69) is 82.7 Å². The molecule has 1 aliphatic carbocycles. The fraction of sp³-hybridized carbons (Fsp3) is 0.462. The second-order valence-electron chi connectivity index (χ2n) is 12.3. The maximum absolute atomic E-state index is 12.8. The Balaban J connectivity index is 1.52. The molecule has 0 unspecified atom stereocenters. The number of aliphatic carboxylic acids is 1. The number of fused-ring (bicyclic) bond motifs is 2. The standard InChI is InChI=1S/C39H55N7O3S/c1-5-45(6-2)29-14-17-32-35(26-29)49-36-27-30(46(7-3)8-4)15-18-33(36)37(32)31-16-13-28(25-34(31)38(47)48)44-39(50)43-24-12-23-42-21-10-9-20-41-22-11-19-40/h13-18,25-27,41-42H,5-12,19-24,40H2,1-4H3,(H,43,50)(H,47,48). The molecule has 2 aliphatic rings. The summed E-state index contributed by atoms with van der Waals surface area (Å²) in [7, 11) is 0. The summed E-state index contributed by atoms with van der Waals surface area (Å²) in [6, 6.07) is 12.4. The number of aliphatic imine (C=N–C) groups is 1. The van der Waals surface area contributed by atoms with Crippen LogP contribution < -0.4 is 36.2 Å². The highest BCUT2D eigenvalue weighted by Crippen LogP contribution is 2.49. The zero-order chi connectivity index (χ0) is 35.9. The van der Waals surface area contributed by atoms with Crippen molar-refractivity contribution in [2.75, 3.05) is 75.2 Å². The number of benzene rings is 2. The van der Waals surface area contributed by atoms with Gasteiger partial charge in [0.25, 0.3) is 0 Å². The third-order valence-electron chi connectivity index (χ3n) is 9.00. The minimum Gasteiger partial charge on any atom is -0.478 e. The lowest BCUT2D eigenvalue weighted by Crippen LogP contribution is -2.26. The van der Waals surface area contributed by atoms with Gasteiger partial charge in [0, 0.05) is 72.9 Å². The zero-order valence-electron chi connectivity index (χ0n) is 30.2. The Kier molecular flexibility index (Phi) is 15.5. The number of carboxylic acids is 1.